The summed E-state index contributed by atoms with van der Waals surface area (Å²) in [5.41, 5.74) is 6.24. The van der Waals surface area contributed by atoms with Gasteiger partial charge in [0.05, 0.1) is 12.8 Å². The third-order valence-electron chi connectivity index (χ3n) is 2.23. The highest BCUT2D eigenvalue weighted by Gasteiger charge is 2.19. The molecule has 1 unspecified atom stereocenters. The number of para-hydroxylation sites is 1. The van der Waals surface area contributed by atoms with E-state index in [1.807, 2.05) is 6.07 Å². The molecule has 0 aliphatic rings. The molecular formula is C12H14N2O3. The second-order valence-corrected chi connectivity index (χ2v) is 3.36. The predicted octanol–water partition coefficient (Wildman–Crippen LogP) is 1.74. The number of esters is 1. The Hall–Kier alpha value is -2.22. The van der Waals surface area contributed by atoms with Crippen molar-refractivity contribution in [2.45, 2.75) is 19.4 Å². The minimum atomic E-state index is -0.756. The van der Waals surface area contributed by atoms with Gasteiger partial charge >= 0.3 is 5.97 Å². The Morgan fingerprint density at radius 3 is 2.82 bits per heavy atom. The Morgan fingerprint density at radius 1 is 1.59 bits per heavy atom. The van der Waals surface area contributed by atoms with Crippen molar-refractivity contribution in [1.82, 2.24) is 0 Å². The van der Waals surface area contributed by atoms with Gasteiger partial charge in [-0.15, -0.1) is 0 Å². The van der Waals surface area contributed by atoms with Crippen molar-refractivity contribution in [2.24, 2.45) is 0 Å². The number of nitrogen functional groups attached to an aromatic ring is 1. The summed E-state index contributed by atoms with van der Waals surface area (Å²) in [5, 5.41) is 8.72. The van der Waals surface area contributed by atoms with Gasteiger partial charge < -0.3 is 15.2 Å². The minimum Gasteiger partial charge on any atom is -0.494 e. The molecule has 1 aromatic rings. The van der Waals surface area contributed by atoms with Crippen LogP contribution in [0.15, 0.2) is 18.2 Å². The Morgan fingerprint density at radius 2 is 2.29 bits per heavy atom. The van der Waals surface area contributed by atoms with E-state index in [0.717, 1.165) is 0 Å². The first-order valence-electron chi connectivity index (χ1n) is 5.17. The van der Waals surface area contributed by atoms with Crippen molar-refractivity contribution < 1.29 is 14.3 Å². The summed E-state index contributed by atoms with van der Waals surface area (Å²) in [4.78, 5) is 11.8. The molecule has 0 bridgehead atoms. The van der Waals surface area contributed by atoms with Gasteiger partial charge in [-0.2, -0.15) is 5.26 Å². The van der Waals surface area contributed by atoms with Crippen molar-refractivity contribution in [3.63, 3.8) is 0 Å². The molecule has 0 aliphatic carbocycles. The normalized spacial score (nSPS) is 11.4. The molecule has 2 N–H and O–H groups in total. The average molecular weight is 234 g/mol. The number of hydrogen-bond donors (Lipinski definition) is 1. The summed E-state index contributed by atoms with van der Waals surface area (Å²) < 4.78 is 10.0. The Labute approximate surface area is 99.7 Å². The molecule has 0 saturated carbocycles. The zero-order valence-electron chi connectivity index (χ0n) is 9.77. The van der Waals surface area contributed by atoms with Crippen LogP contribution in [0.3, 0.4) is 0 Å². The van der Waals surface area contributed by atoms with Gasteiger partial charge in [-0.3, -0.25) is 0 Å². The number of nitrogens with two attached hydrogens (primary N) is 1. The molecular weight excluding hydrogens is 220 g/mol. The summed E-state index contributed by atoms with van der Waals surface area (Å²) in [6.45, 7) is 1.76. The maximum atomic E-state index is 11.8. The molecule has 0 amide bonds. The highest BCUT2D eigenvalue weighted by molar-refractivity contribution is 5.94. The van der Waals surface area contributed by atoms with Gasteiger partial charge in [-0.1, -0.05) is 13.0 Å². The van der Waals surface area contributed by atoms with E-state index in [-0.39, 0.29) is 11.3 Å². The van der Waals surface area contributed by atoms with Crippen molar-refractivity contribution in [1.29, 1.82) is 5.26 Å². The number of anilines is 1. The quantitative estimate of drug-likeness (QED) is 0.633. The van der Waals surface area contributed by atoms with Crippen LogP contribution in [-0.2, 0) is 4.74 Å². The van der Waals surface area contributed by atoms with Crippen LogP contribution < -0.4 is 10.5 Å². The van der Waals surface area contributed by atoms with E-state index in [1.165, 1.54) is 7.11 Å². The standard InChI is InChI=1S/C12H14N2O3/c1-3-8(7-13)17-12(15)9-5-4-6-10(14)11(9)16-2/h4-6,8H,3,14H2,1-2H3. The summed E-state index contributed by atoms with van der Waals surface area (Å²) >= 11 is 0. The lowest BCUT2D eigenvalue weighted by Gasteiger charge is -2.12. The number of rotatable bonds is 4. The SMILES string of the molecule is CCC(C#N)OC(=O)c1cccc(N)c1OC. The fourth-order valence-electron chi connectivity index (χ4n) is 1.34. The molecule has 0 spiro atoms. The Kier molecular flexibility index (Phi) is 4.35. The number of nitriles is 1. The smallest absolute Gasteiger partial charge is 0.343 e. The van der Waals surface area contributed by atoms with Crippen LogP contribution in [0.2, 0.25) is 0 Å². The number of carbonyl (C=O) groups excluding carboxylic acids is 1. The second-order valence-electron chi connectivity index (χ2n) is 3.36. The number of methoxy groups -OCH3 is 1. The summed E-state index contributed by atoms with van der Waals surface area (Å²) in [5.74, 6) is -0.340. The molecule has 17 heavy (non-hydrogen) atoms. The molecule has 5 heteroatoms. The van der Waals surface area contributed by atoms with E-state index in [9.17, 15) is 4.79 Å². The predicted molar refractivity (Wildman–Crippen MR) is 62.5 cm³/mol. The number of carbonyl (C=O) groups is 1. The number of hydrogen-bond acceptors (Lipinski definition) is 5. The number of nitrogens with zero attached hydrogens (tertiary/aromatic N) is 1. The van der Waals surface area contributed by atoms with Gasteiger partial charge in [0.25, 0.3) is 0 Å². The van der Waals surface area contributed by atoms with Gasteiger partial charge in [0.15, 0.2) is 11.9 Å². The lowest BCUT2D eigenvalue weighted by molar-refractivity contribution is 0.0398. The van der Waals surface area contributed by atoms with Crippen LogP contribution in [0.4, 0.5) is 5.69 Å². The van der Waals surface area contributed by atoms with Crippen LogP contribution in [-0.4, -0.2) is 19.2 Å². The molecule has 1 aromatic carbocycles. The number of benzene rings is 1. The molecule has 0 aliphatic heterocycles. The van der Waals surface area contributed by atoms with Crippen LogP contribution in [0, 0.1) is 11.3 Å². The van der Waals surface area contributed by atoms with Crippen molar-refractivity contribution in [3.8, 4) is 11.8 Å². The van der Waals surface area contributed by atoms with E-state index in [4.69, 9.17) is 20.5 Å². The van der Waals surface area contributed by atoms with Crippen molar-refractivity contribution >= 4 is 11.7 Å². The third-order valence-corrected chi connectivity index (χ3v) is 2.23. The minimum absolute atomic E-state index is 0.223. The average Bonchev–Trinajstić information content (AvgIpc) is 2.35. The van der Waals surface area contributed by atoms with E-state index in [2.05, 4.69) is 0 Å². The summed E-state index contributed by atoms with van der Waals surface area (Å²) in [6.07, 6.45) is -0.319. The molecule has 0 heterocycles. The maximum Gasteiger partial charge on any atom is 0.343 e. The van der Waals surface area contributed by atoms with Crippen LogP contribution in [0.25, 0.3) is 0 Å². The molecule has 1 atom stereocenters. The molecule has 0 radical (unpaired) electrons. The maximum absolute atomic E-state index is 11.8. The first kappa shape index (κ1) is 12.8. The Bertz CT molecular complexity index is 452. The van der Waals surface area contributed by atoms with Crippen LogP contribution in [0.5, 0.6) is 5.75 Å². The largest absolute Gasteiger partial charge is 0.494 e. The second kappa shape index (κ2) is 5.75. The first-order valence-corrected chi connectivity index (χ1v) is 5.17. The van der Waals surface area contributed by atoms with Gasteiger partial charge in [0.2, 0.25) is 0 Å². The molecule has 5 nitrogen and oxygen atoms in total. The zero-order valence-corrected chi connectivity index (χ0v) is 9.77. The van der Waals surface area contributed by atoms with Crippen LogP contribution >= 0.6 is 0 Å². The number of ether oxygens (including phenoxy) is 2. The summed E-state index contributed by atoms with van der Waals surface area (Å²) in [6, 6.07) is 6.68. The molecule has 0 saturated heterocycles. The highest BCUT2D eigenvalue weighted by Crippen LogP contribution is 2.26. The molecule has 90 valence electrons. The van der Waals surface area contributed by atoms with Gasteiger partial charge in [0, 0.05) is 0 Å². The lowest BCUT2D eigenvalue weighted by Crippen LogP contribution is -2.16. The van der Waals surface area contributed by atoms with Gasteiger partial charge in [0.1, 0.15) is 11.6 Å². The van der Waals surface area contributed by atoms with Crippen molar-refractivity contribution in [3.05, 3.63) is 23.8 Å². The first-order chi connectivity index (χ1) is 8.13. The Balaban J connectivity index is 2.97. The summed E-state index contributed by atoms with van der Waals surface area (Å²) in [7, 11) is 1.42. The van der Waals surface area contributed by atoms with E-state index in [0.29, 0.717) is 12.1 Å². The molecule has 0 fully saturated rings. The fourth-order valence-corrected chi connectivity index (χ4v) is 1.34. The van der Waals surface area contributed by atoms with Crippen LogP contribution in [0.1, 0.15) is 23.7 Å². The molecule has 1 rings (SSSR count). The monoisotopic (exact) mass is 234 g/mol. The molecule has 0 aromatic heterocycles. The van der Waals surface area contributed by atoms with Crippen molar-refractivity contribution in [2.75, 3.05) is 12.8 Å². The zero-order chi connectivity index (χ0) is 12.8. The lowest BCUT2D eigenvalue weighted by atomic mass is 10.1. The van der Waals surface area contributed by atoms with Gasteiger partial charge in [-0.25, -0.2) is 4.79 Å². The van der Waals surface area contributed by atoms with Gasteiger partial charge in [-0.05, 0) is 18.6 Å². The van der Waals surface area contributed by atoms with E-state index in [1.54, 1.807) is 25.1 Å². The van der Waals surface area contributed by atoms with E-state index < -0.39 is 12.1 Å². The topological polar surface area (TPSA) is 85.3 Å². The highest BCUT2D eigenvalue weighted by atomic mass is 16.5. The fraction of sp³-hybridized carbons (Fsp3) is 0.333. The third kappa shape index (κ3) is 2.88. The van der Waals surface area contributed by atoms with E-state index >= 15 is 0 Å².